The van der Waals surface area contributed by atoms with Crippen molar-refractivity contribution in [2.24, 2.45) is 0 Å². The van der Waals surface area contributed by atoms with Crippen molar-refractivity contribution in [3.63, 3.8) is 0 Å². The molecule has 0 saturated heterocycles. The summed E-state index contributed by atoms with van der Waals surface area (Å²) in [6, 6.07) is 4.54. The molecule has 2 aromatic rings. The SMILES string of the molecule is c1cc2c(s1)[C@H](CCCC[C@@H]1OCCc3ccsc31)OCC2. The van der Waals surface area contributed by atoms with Gasteiger partial charge in [0.25, 0.3) is 0 Å². The lowest BCUT2D eigenvalue weighted by Gasteiger charge is -2.25. The molecular weight excluding hydrogens is 312 g/mol. The van der Waals surface area contributed by atoms with E-state index in [9.17, 15) is 0 Å². The highest BCUT2D eigenvalue weighted by atomic mass is 32.1. The molecule has 0 bridgehead atoms. The smallest absolute Gasteiger partial charge is 0.0919 e. The molecule has 0 amide bonds. The maximum atomic E-state index is 5.98. The third kappa shape index (κ3) is 3.02. The summed E-state index contributed by atoms with van der Waals surface area (Å²) in [4.78, 5) is 2.95. The highest BCUT2D eigenvalue weighted by Gasteiger charge is 2.23. The van der Waals surface area contributed by atoms with Gasteiger partial charge in [-0.15, -0.1) is 22.7 Å². The van der Waals surface area contributed by atoms with Crippen LogP contribution < -0.4 is 0 Å². The van der Waals surface area contributed by atoms with E-state index in [-0.39, 0.29) is 0 Å². The van der Waals surface area contributed by atoms with Crippen molar-refractivity contribution in [1.29, 1.82) is 0 Å². The Hall–Kier alpha value is -0.680. The Morgan fingerprint density at radius 3 is 1.82 bits per heavy atom. The van der Waals surface area contributed by atoms with E-state index in [4.69, 9.17) is 9.47 Å². The third-order valence-corrected chi connectivity index (χ3v) is 6.81. The molecule has 0 aromatic carbocycles. The van der Waals surface area contributed by atoms with Crippen LogP contribution in [0.4, 0.5) is 0 Å². The lowest BCUT2D eigenvalue weighted by atomic mass is 10.00. The third-order valence-electron chi connectivity index (χ3n) is 4.71. The first kappa shape index (κ1) is 14.9. The Kier molecular flexibility index (Phi) is 4.62. The van der Waals surface area contributed by atoms with Gasteiger partial charge in [0.2, 0.25) is 0 Å². The predicted octanol–water partition coefficient (Wildman–Crippen LogP) is 5.30. The number of rotatable bonds is 5. The van der Waals surface area contributed by atoms with Gasteiger partial charge < -0.3 is 9.47 Å². The van der Waals surface area contributed by atoms with Crippen LogP contribution in [0.2, 0.25) is 0 Å². The van der Waals surface area contributed by atoms with Gasteiger partial charge in [-0.25, -0.2) is 0 Å². The zero-order valence-electron chi connectivity index (χ0n) is 12.8. The molecule has 4 rings (SSSR count). The molecule has 0 saturated carbocycles. The molecule has 0 N–H and O–H groups in total. The zero-order valence-corrected chi connectivity index (χ0v) is 14.4. The van der Waals surface area contributed by atoms with Crippen molar-refractivity contribution in [3.8, 4) is 0 Å². The van der Waals surface area contributed by atoms with Crippen molar-refractivity contribution in [2.45, 2.75) is 50.7 Å². The molecule has 0 aliphatic carbocycles. The molecular formula is C18H22O2S2. The summed E-state index contributed by atoms with van der Waals surface area (Å²) in [6.45, 7) is 1.78. The number of fused-ring (bicyclic) bond motifs is 2. The normalized spacial score (nSPS) is 24.0. The van der Waals surface area contributed by atoms with Gasteiger partial charge in [0.1, 0.15) is 0 Å². The van der Waals surface area contributed by atoms with Crippen LogP contribution in [0.15, 0.2) is 22.9 Å². The Morgan fingerprint density at radius 2 is 1.32 bits per heavy atom. The summed E-state index contributed by atoms with van der Waals surface area (Å²) in [5.41, 5.74) is 3.03. The minimum Gasteiger partial charge on any atom is -0.372 e. The van der Waals surface area contributed by atoms with E-state index in [0.717, 1.165) is 38.9 Å². The van der Waals surface area contributed by atoms with Crippen molar-refractivity contribution in [1.82, 2.24) is 0 Å². The average molecular weight is 335 g/mol. The Bertz CT molecular complexity index is 562. The highest BCUT2D eigenvalue weighted by molar-refractivity contribution is 7.10. The number of unbranched alkanes of at least 4 members (excludes halogenated alkanes) is 1. The minimum absolute atomic E-state index is 0.341. The molecule has 2 nitrogen and oxygen atoms in total. The molecule has 22 heavy (non-hydrogen) atoms. The molecule has 0 unspecified atom stereocenters. The minimum atomic E-state index is 0.341. The predicted molar refractivity (Wildman–Crippen MR) is 91.9 cm³/mol. The quantitative estimate of drug-likeness (QED) is 0.691. The number of ether oxygens (including phenoxy) is 2. The Balaban J connectivity index is 1.27. The van der Waals surface area contributed by atoms with E-state index in [1.165, 1.54) is 33.7 Å². The van der Waals surface area contributed by atoms with Crippen LogP contribution in [-0.4, -0.2) is 13.2 Å². The first-order chi connectivity index (χ1) is 10.9. The van der Waals surface area contributed by atoms with E-state index in [2.05, 4.69) is 22.9 Å². The van der Waals surface area contributed by atoms with Crippen molar-refractivity contribution >= 4 is 22.7 Å². The summed E-state index contributed by atoms with van der Waals surface area (Å²) in [5, 5.41) is 4.42. The number of hydrogen-bond donors (Lipinski definition) is 0. The fraction of sp³-hybridized carbons (Fsp3) is 0.556. The van der Waals surface area contributed by atoms with Crippen LogP contribution in [0.25, 0.3) is 0 Å². The molecule has 4 heteroatoms. The van der Waals surface area contributed by atoms with Crippen molar-refractivity contribution in [3.05, 3.63) is 43.8 Å². The van der Waals surface area contributed by atoms with Crippen LogP contribution in [0, 0.1) is 0 Å². The van der Waals surface area contributed by atoms with E-state index < -0.39 is 0 Å². The summed E-state index contributed by atoms with van der Waals surface area (Å²) in [6.07, 6.45) is 7.61. The molecule has 0 radical (unpaired) electrons. The monoisotopic (exact) mass is 334 g/mol. The molecule has 0 fully saturated rings. The Morgan fingerprint density at radius 1 is 0.818 bits per heavy atom. The van der Waals surface area contributed by atoms with Gasteiger partial charge in [-0.05, 0) is 59.7 Å². The fourth-order valence-electron chi connectivity index (χ4n) is 3.53. The standard InChI is InChI=1S/C18H22O2S2/c1(3-15-17-13(5-9-19-15)7-11-21-17)2-4-16-18-14(6-10-20-16)8-12-22-18/h7-8,11-12,15-16H,1-6,9-10H2/t15-,16-/m0/s1. The van der Waals surface area contributed by atoms with E-state index in [1.807, 2.05) is 22.7 Å². The van der Waals surface area contributed by atoms with Gasteiger partial charge in [-0.2, -0.15) is 0 Å². The summed E-state index contributed by atoms with van der Waals surface area (Å²) in [7, 11) is 0. The lowest BCUT2D eigenvalue weighted by molar-refractivity contribution is 0.0282. The molecule has 2 aliphatic heterocycles. The summed E-state index contributed by atoms with van der Waals surface area (Å²) in [5.74, 6) is 0. The molecule has 2 aromatic heterocycles. The van der Waals surface area contributed by atoms with Gasteiger partial charge in [-0.1, -0.05) is 12.8 Å². The second-order valence-corrected chi connectivity index (χ2v) is 8.02. The number of thiophene rings is 2. The maximum Gasteiger partial charge on any atom is 0.0919 e. The molecule has 4 heterocycles. The number of hydrogen-bond acceptors (Lipinski definition) is 4. The molecule has 0 spiro atoms. The van der Waals surface area contributed by atoms with Gasteiger partial charge in [0.05, 0.1) is 25.4 Å². The fourth-order valence-corrected chi connectivity index (χ4v) is 5.61. The van der Waals surface area contributed by atoms with Crippen molar-refractivity contribution < 1.29 is 9.47 Å². The van der Waals surface area contributed by atoms with Crippen molar-refractivity contribution in [2.75, 3.05) is 13.2 Å². The van der Waals surface area contributed by atoms with Gasteiger partial charge >= 0.3 is 0 Å². The average Bonchev–Trinajstić information content (AvgIpc) is 3.20. The van der Waals surface area contributed by atoms with Crippen LogP contribution in [0.1, 0.15) is 58.8 Å². The summed E-state index contributed by atoms with van der Waals surface area (Å²) >= 11 is 3.73. The summed E-state index contributed by atoms with van der Waals surface area (Å²) < 4.78 is 12.0. The topological polar surface area (TPSA) is 18.5 Å². The van der Waals surface area contributed by atoms with Gasteiger partial charge in [-0.3, -0.25) is 0 Å². The van der Waals surface area contributed by atoms with Crippen LogP contribution in [0.5, 0.6) is 0 Å². The largest absolute Gasteiger partial charge is 0.372 e. The molecule has 118 valence electrons. The Labute approximate surface area is 140 Å². The van der Waals surface area contributed by atoms with Gasteiger partial charge in [0, 0.05) is 9.75 Å². The maximum absolute atomic E-state index is 5.98. The van der Waals surface area contributed by atoms with Crippen LogP contribution >= 0.6 is 22.7 Å². The van der Waals surface area contributed by atoms with Crippen LogP contribution in [0.3, 0.4) is 0 Å². The second kappa shape index (κ2) is 6.83. The van der Waals surface area contributed by atoms with E-state index in [1.54, 1.807) is 0 Å². The van der Waals surface area contributed by atoms with Gasteiger partial charge in [0.15, 0.2) is 0 Å². The zero-order chi connectivity index (χ0) is 14.8. The van der Waals surface area contributed by atoms with E-state index >= 15 is 0 Å². The first-order valence-corrected chi connectivity index (χ1v) is 10.0. The molecule has 2 aliphatic rings. The molecule has 2 atom stereocenters. The van der Waals surface area contributed by atoms with Crippen LogP contribution in [-0.2, 0) is 22.3 Å². The van der Waals surface area contributed by atoms with E-state index in [0.29, 0.717) is 12.2 Å². The highest BCUT2D eigenvalue weighted by Crippen LogP contribution is 2.37. The lowest BCUT2D eigenvalue weighted by Crippen LogP contribution is -2.15. The second-order valence-electron chi connectivity index (χ2n) is 6.12. The first-order valence-electron chi connectivity index (χ1n) is 8.27.